The first kappa shape index (κ1) is 22.7. The monoisotopic (exact) mass is 364 g/mol. The van der Waals surface area contributed by atoms with Crippen LogP contribution in [0.15, 0.2) is 0 Å². The maximum atomic E-state index is 12.2. The zero-order valence-electron chi connectivity index (χ0n) is 16.5. The minimum atomic E-state index is -0.695. The largest absolute Gasteiger partial charge is 0.481 e. The van der Waals surface area contributed by atoms with Crippen molar-refractivity contribution in [3.05, 3.63) is 0 Å². The van der Waals surface area contributed by atoms with Crippen LogP contribution in [0.1, 0.15) is 90.9 Å². The van der Waals surface area contributed by atoms with Gasteiger partial charge in [0.15, 0.2) is 0 Å². The van der Waals surface area contributed by atoms with Gasteiger partial charge in [0.25, 0.3) is 0 Å². The maximum absolute atomic E-state index is 12.2. The van der Waals surface area contributed by atoms with Crippen molar-refractivity contribution in [2.75, 3.05) is 0 Å². The average Bonchev–Trinajstić information content (AvgIpc) is 2.96. The smallest absolute Gasteiger partial charge is 0.306 e. The Kier molecular flexibility index (Phi) is 11.3. The summed E-state index contributed by atoms with van der Waals surface area (Å²) in [5, 5.41) is 19.0. The molecule has 0 saturated heterocycles. The number of carboxylic acid groups (broad SMARTS) is 1. The number of carboxylic acids is 1. The highest BCUT2D eigenvalue weighted by atomic mass is 16.4. The maximum Gasteiger partial charge on any atom is 0.306 e. The number of aliphatic hydroxyl groups is 1. The Hall–Kier alpha value is -1.34. The highest BCUT2D eigenvalue weighted by molar-refractivity contribution is 5.83. The third-order valence-corrected chi connectivity index (χ3v) is 5.61. The Bertz CT molecular complexity index is 488. The van der Waals surface area contributed by atoms with Crippen LogP contribution in [-0.2, 0) is 9.59 Å². The molecule has 1 rings (SSSR count). The van der Waals surface area contributed by atoms with Crippen LogP contribution in [0.4, 0.5) is 0 Å². The first-order valence-electron chi connectivity index (χ1n) is 10.4. The fourth-order valence-corrected chi connectivity index (χ4v) is 3.91. The second kappa shape index (κ2) is 12.9. The van der Waals surface area contributed by atoms with Crippen molar-refractivity contribution in [3.63, 3.8) is 0 Å². The van der Waals surface area contributed by atoms with E-state index in [1.807, 2.05) is 6.92 Å². The summed E-state index contributed by atoms with van der Waals surface area (Å²) >= 11 is 0. The predicted octanol–water partition coefficient (Wildman–Crippen LogP) is 4.59. The van der Waals surface area contributed by atoms with Gasteiger partial charge in [-0.25, -0.2) is 0 Å². The van der Waals surface area contributed by atoms with Crippen LogP contribution in [0.3, 0.4) is 0 Å². The third kappa shape index (κ3) is 8.36. The Balaban J connectivity index is 2.29. The molecule has 4 atom stereocenters. The highest BCUT2D eigenvalue weighted by Gasteiger charge is 2.33. The Morgan fingerprint density at radius 1 is 1.19 bits per heavy atom. The summed E-state index contributed by atoms with van der Waals surface area (Å²) in [5.74, 6) is 5.84. The van der Waals surface area contributed by atoms with E-state index in [2.05, 4.69) is 18.8 Å². The van der Waals surface area contributed by atoms with E-state index in [-0.39, 0.29) is 11.8 Å². The SMILES string of the molecule is CCCC#CC(O)CC[C@H]1CCC(=O)[C@@H]1CCCCCC(CC)C(=O)O. The molecule has 0 spiro atoms. The van der Waals surface area contributed by atoms with Crippen molar-refractivity contribution in [3.8, 4) is 11.8 Å². The first-order chi connectivity index (χ1) is 12.5. The van der Waals surface area contributed by atoms with Gasteiger partial charge in [0.05, 0.1) is 5.92 Å². The summed E-state index contributed by atoms with van der Waals surface area (Å²) in [6.07, 6.45) is 9.61. The third-order valence-electron chi connectivity index (χ3n) is 5.61. The topological polar surface area (TPSA) is 74.6 Å². The molecule has 0 heterocycles. The molecule has 26 heavy (non-hydrogen) atoms. The van der Waals surface area contributed by atoms with Gasteiger partial charge in [-0.1, -0.05) is 39.0 Å². The lowest BCUT2D eigenvalue weighted by atomic mass is 9.86. The number of hydrogen-bond donors (Lipinski definition) is 2. The van der Waals surface area contributed by atoms with E-state index in [1.165, 1.54) is 0 Å². The van der Waals surface area contributed by atoms with Crippen LogP contribution in [-0.4, -0.2) is 28.1 Å². The quantitative estimate of drug-likeness (QED) is 0.392. The fourth-order valence-electron chi connectivity index (χ4n) is 3.91. The number of ketones is 1. The summed E-state index contributed by atoms with van der Waals surface area (Å²) in [6, 6.07) is 0. The Morgan fingerprint density at radius 3 is 2.62 bits per heavy atom. The van der Waals surface area contributed by atoms with Crippen molar-refractivity contribution in [1.82, 2.24) is 0 Å². The summed E-state index contributed by atoms with van der Waals surface area (Å²) in [5.41, 5.74) is 0. The van der Waals surface area contributed by atoms with Crippen LogP contribution in [0.2, 0.25) is 0 Å². The predicted molar refractivity (Wildman–Crippen MR) is 104 cm³/mol. The van der Waals surface area contributed by atoms with Gasteiger partial charge in [0, 0.05) is 18.8 Å². The van der Waals surface area contributed by atoms with Gasteiger partial charge in [0.2, 0.25) is 0 Å². The highest BCUT2D eigenvalue weighted by Crippen LogP contribution is 2.36. The molecule has 4 nitrogen and oxygen atoms in total. The van der Waals surface area contributed by atoms with E-state index < -0.39 is 12.1 Å². The van der Waals surface area contributed by atoms with Crippen molar-refractivity contribution < 1.29 is 19.8 Å². The number of carbonyl (C=O) groups is 2. The van der Waals surface area contributed by atoms with E-state index in [1.54, 1.807) is 0 Å². The molecule has 0 radical (unpaired) electrons. The summed E-state index contributed by atoms with van der Waals surface area (Å²) in [4.78, 5) is 23.2. The summed E-state index contributed by atoms with van der Waals surface area (Å²) < 4.78 is 0. The first-order valence-corrected chi connectivity index (χ1v) is 10.4. The lowest BCUT2D eigenvalue weighted by Crippen LogP contribution is -2.17. The van der Waals surface area contributed by atoms with Gasteiger partial charge < -0.3 is 10.2 Å². The lowest BCUT2D eigenvalue weighted by Gasteiger charge is -2.19. The number of rotatable bonds is 12. The molecule has 0 aromatic heterocycles. The fraction of sp³-hybridized carbons (Fsp3) is 0.818. The average molecular weight is 365 g/mol. The molecule has 1 saturated carbocycles. The Labute approximate surface area is 158 Å². The summed E-state index contributed by atoms with van der Waals surface area (Å²) in [6.45, 7) is 3.99. The number of Topliss-reactive ketones (excluding diaryl/α,β-unsaturated/α-hetero) is 1. The van der Waals surface area contributed by atoms with Crippen LogP contribution in [0.25, 0.3) is 0 Å². The molecule has 0 aromatic carbocycles. The second-order valence-corrected chi connectivity index (χ2v) is 7.62. The summed E-state index contributed by atoms with van der Waals surface area (Å²) in [7, 11) is 0. The van der Waals surface area contributed by atoms with Crippen LogP contribution in [0, 0.1) is 29.6 Å². The standard InChI is InChI=1S/C22H36O4/c1-3-5-7-11-19(23)15-13-18-14-16-21(24)20(18)12-9-6-8-10-17(4-2)22(25)26/h17-20,23H,3-6,8-10,12-16H2,1-2H3,(H,25,26)/t17?,18-,19?,20+/m0/s1. The molecule has 0 aliphatic heterocycles. The second-order valence-electron chi connectivity index (χ2n) is 7.62. The molecular weight excluding hydrogens is 328 g/mol. The van der Waals surface area contributed by atoms with Gasteiger partial charge in [-0.05, 0) is 50.9 Å². The van der Waals surface area contributed by atoms with Crippen molar-refractivity contribution >= 4 is 11.8 Å². The molecule has 148 valence electrons. The molecule has 2 N–H and O–H groups in total. The molecule has 2 unspecified atom stereocenters. The Morgan fingerprint density at radius 2 is 1.96 bits per heavy atom. The van der Waals surface area contributed by atoms with Crippen LogP contribution in [0.5, 0.6) is 0 Å². The van der Waals surface area contributed by atoms with Gasteiger partial charge in [-0.15, -0.1) is 5.92 Å². The van der Waals surface area contributed by atoms with Crippen molar-refractivity contribution in [2.24, 2.45) is 17.8 Å². The number of carbonyl (C=O) groups excluding carboxylic acids is 1. The number of unbranched alkanes of at least 4 members (excludes halogenated alkanes) is 3. The molecule has 1 fully saturated rings. The van der Waals surface area contributed by atoms with E-state index in [9.17, 15) is 14.7 Å². The van der Waals surface area contributed by atoms with Gasteiger partial charge in [-0.3, -0.25) is 9.59 Å². The van der Waals surface area contributed by atoms with Gasteiger partial charge >= 0.3 is 5.97 Å². The molecule has 4 heteroatoms. The molecular formula is C22H36O4. The van der Waals surface area contributed by atoms with Crippen LogP contribution >= 0.6 is 0 Å². The van der Waals surface area contributed by atoms with E-state index in [4.69, 9.17) is 5.11 Å². The molecule has 0 bridgehead atoms. The minimum absolute atomic E-state index is 0.132. The number of aliphatic hydroxyl groups excluding tert-OH is 1. The zero-order chi connectivity index (χ0) is 19.4. The van der Waals surface area contributed by atoms with Crippen LogP contribution < -0.4 is 0 Å². The van der Waals surface area contributed by atoms with Crippen molar-refractivity contribution in [2.45, 2.75) is 97.0 Å². The molecule has 1 aliphatic rings. The van der Waals surface area contributed by atoms with Crippen molar-refractivity contribution in [1.29, 1.82) is 0 Å². The minimum Gasteiger partial charge on any atom is -0.481 e. The van der Waals surface area contributed by atoms with Gasteiger partial charge in [0.1, 0.15) is 11.9 Å². The van der Waals surface area contributed by atoms with Gasteiger partial charge in [-0.2, -0.15) is 0 Å². The lowest BCUT2D eigenvalue weighted by molar-refractivity contribution is -0.142. The molecule has 0 amide bonds. The molecule has 0 aromatic rings. The zero-order valence-corrected chi connectivity index (χ0v) is 16.5. The number of hydrogen-bond acceptors (Lipinski definition) is 3. The van der Waals surface area contributed by atoms with E-state index in [0.717, 1.165) is 57.8 Å². The normalized spacial score (nSPS) is 21.9. The molecule has 1 aliphatic carbocycles. The number of aliphatic carboxylic acids is 1. The van der Waals surface area contributed by atoms with E-state index >= 15 is 0 Å². The van der Waals surface area contributed by atoms with E-state index in [0.29, 0.717) is 31.0 Å².